The maximum absolute atomic E-state index is 13.1. The topological polar surface area (TPSA) is 127 Å². The van der Waals surface area contributed by atoms with Crippen molar-refractivity contribution in [3.05, 3.63) is 71.3 Å². The van der Waals surface area contributed by atoms with Crippen molar-refractivity contribution >= 4 is 23.6 Å². The fourth-order valence-corrected chi connectivity index (χ4v) is 3.13. The van der Waals surface area contributed by atoms with Crippen molar-refractivity contribution in [2.24, 2.45) is 0 Å². The molecule has 0 bridgehead atoms. The van der Waals surface area contributed by atoms with E-state index in [0.717, 1.165) is 12.8 Å². The minimum atomic E-state index is -0.792. The number of rotatable bonds is 8. The summed E-state index contributed by atoms with van der Waals surface area (Å²) in [5.41, 5.74) is 1.65. The van der Waals surface area contributed by atoms with Crippen LogP contribution in [0.3, 0.4) is 0 Å². The van der Waals surface area contributed by atoms with Gasteiger partial charge in [0.15, 0.2) is 5.69 Å². The molecule has 0 saturated heterocycles. The van der Waals surface area contributed by atoms with Gasteiger partial charge >= 0.3 is 6.09 Å². The first-order chi connectivity index (χ1) is 16.4. The molecule has 3 N–H and O–H groups in total. The first-order valence-electron chi connectivity index (χ1n) is 10.8. The van der Waals surface area contributed by atoms with Crippen LogP contribution >= 0.6 is 0 Å². The van der Waals surface area contributed by atoms with Crippen LogP contribution < -0.4 is 16.0 Å². The lowest BCUT2D eigenvalue weighted by Gasteiger charge is -2.11. The second-order valence-electron chi connectivity index (χ2n) is 7.66. The predicted molar refractivity (Wildman–Crippen MR) is 120 cm³/mol. The Bertz CT molecular complexity index is 1190. The minimum absolute atomic E-state index is 0.0364. The molecule has 0 unspecified atom stereocenters. The number of amides is 3. The largest absolute Gasteiger partial charge is 0.443 e. The third kappa shape index (κ3) is 5.55. The number of aromatic nitrogens is 3. The number of halogens is 1. The molecule has 1 aliphatic rings. The summed E-state index contributed by atoms with van der Waals surface area (Å²) in [5, 5.41) is 16.1. The van der Waals surface area contributed by atoms with E-state index >= 15 is 0 Å². The van der Waals surface area contributed by atoms with Crippen molar-refractivity contribution in [2.75, 3.05) is 11.9 Å². The molecule has 3 amide bonds. The van der Waals surface area contributed by atoms with E-state index in [1.54, 1.807) is 24.3 Å². The average molecular weight is 466 g/mol. The zero-order chi connectivity index (χ0) is 24.1. The summed E-state index contributed by atoms with van der Waals surface area (Å²) in [7, 11) is 0. The van der Waals surface area contributed by atoms with Crippen LogP contribution in [-0.2, 0) is 11.3 Å². The van der Waals surface area contributed by atoms with Crippen LogP contribution in [0.2, 0.25) is 0 Å². The normalized spacial score (nSPS) is 12.6. The van der Waals surface area contributed by atoms with Crippen molar-refractivity contribution in [1.82, 2.24) is 25.6 Å². The number of hydrogen-bond donors (Lipinski definition) is 3. The lowest BCUT2D eigenvalue weighted by Crippen LogP contribution is -2.27. The lowest BCUT2D eigenvalue weighted by molar-refractivity contribution is 0.0937. The third-order valence-corrected chi connectivity index (χ3v) is 5.03. The molecule has 0 aliphatic heterocycles. The SMILES string of the molecule is CCNC(=O)c1ccc(-n2nnc(C(=O)NC3CC3)c2COC(=O)Nc2ccc(F)cc2)cc1. The first kappa shape index (κ1) is 22.9. The quantitative estimate of drug-likeness (QED) is 0.469. The smallest absolute Gasteiger partial charge is 0.412 e. The highest BCUT2D eigenvalue weighted by Crippen LogP contribution is 2.21. The van der Waals surface area contributed by atoms with Gasteiger partial charge in [-0.1, -0.05) is 5.21 Å². The number of ether oxygens (including phenoxy) is 1. The van der Waals surface area contributed by atoms with Crippen LogP contribution in [0.15, 0.2) is 48.5 Å². The molecule has 176 valence electrons. The summed E-state index contributed by atoms with van der Waals surface area (Å²) in [6.45, 7) is 2.03. The molecule has 0 spiro atoms. The van der Waals surface area contributed by atoms with Crippen LogP contribution in [0.4, 0.5) is 14.9 Å². The highest BCUT2D eigenvalue weighted by Gasteiger charge is 2.28. The lowest BCUT2D eigenvalue weighted by atomic mass is 10.2. The van der Waals surface area contributed by atoms with Crippen LogP contribution in [0.25, 0.3) is 5.69 Å². The van der Waals surface area contributed by atoms with Gasteiger partial charge in [-0.3, -0.25) is 14.9 Å². The van der Waals surface area contributed by atoms with Crippen LogP contribution in [-0.4, -0.2) is 45.5 Å². The van der Waals surface area contributed by atoms with Gasteiger partial charge in [-0.05, 0) is 68.3 Å². The molecule has 1 fully saturated rings. The second-order valence-corrected chi connectivity index (χ2v) is 7.66. The van der Waals surface area contributed by atoms with Gasteiger partial charge in [0.2, 0.25) is 0 Å². The Kier molecular flexibility index (Phi) is 6.81. The predicted octanol–water partition coefficient (Wildman–Crippen LogP) is 2.80. The third-order valence-electron chi connectivity index (χ3n) is 5.03. The molecular formula is C23H23FN6O4. The van der Waals surface area contributed by atoms with E-state index in [9.17, 15) is 18.8 Å². The van der Waals surface area contributed by atoms with Gasteiger partial charge in [-0.2, -0.15) is 0 Å². The average Bonchev–Trinajstić information content (AvgIpc) is 3.54. The van der Waals surface area contributed by atoms with Gasteiger partial charge in [-0.15, -0.1) is 5.10 Å². The molecule has 4 rings (SSSR count). The Balaban J connectivity index is 1.54. The Morgan fingerprint density at radius 3 is 2.41 bits per heavy atom. The van der Waals surface area contributed by atoms with Crippen molar-refractivity contribution in [3.63, 3.8) is 0 Å². The molecule has 1 aliphatic carbocycles. The number of carbonyl (C=O) groups is 3. The molecule has 2 aromatic carbocycles. The van der Waals surface area contributed by atoms with E-state index in [-0.39, 0.29) is 29.9 Å². The highest BCUT2D eigenvalue weighted by atomic mass is 19.1. The van der Waals surface area contributed by atoms with Crippen molar-refractivity contribution in [3.8, 4) is 5.69 Å². The summed E-state index contributed by atoms with van der Waals surface area (Å²) in [6, 6.07) is 11.9. The van der Waals surface area contributed by atoms with Crippen molar-refractivity contribution in [2.45, 2.75) is 32.4 Å². The first-order valence-corrected chi connectivity index (χ1v) is 10.8. The van der Waals surface area contributed by atoms with E-state index in [0.29, 0.717) is 23.5 Å². The van der Waals surface area contributed by atoms with Gasteiger partial charge in [0.1, 0.15) is 18.1 Å². The number of carbonyl (C=O) groups excluding carboxylic acids is 3. The van der Waals surface area contributed by atoms with E-state index in [1.807, 2.05) is 6.92 Å². The highest BCUT2D eigenvalue weighted by molar-refractivity contribution is 5.95. The standard InChI is InChI=1S/C23H23FN6O4/c1-2-25-21(31)14-3-11-18(12-4-14)30-19(20(28-29-30)22(32)26-16-9-10-16)13-34-23(33)27-17-7-5-15(24)6-8-17/h3-8,11-12,16H,2,9-10,13H2,1H3,(H,25,31)(H,26,32)(H,27,33). The Morgan fingerprint density at radius 1 is 1.06 bits per heavy atom. The summed E-state index contributed by atoms with van der Waals surface area (Å²) in [5.74, 6) is -1.05. The maximum atomic E-state index is 13.1. The summed E-state index contributed by atoms with van der Waals surface area (Å²) in [6.07, 6.45) is 1.000. The zero-order valence-corrected chi connectivity index (χ0v) is 18.4. The Morgan fingerprint density at radius 2 is 1.76 bits per heavy atom. The van der Waals surface area contributed by atoms with Crippen LogP contribution in [0.1, 0.15) is 46.3 Å². The Labute approximate surface area is 194 Å². The van der Waals surface area contributed by atoms with Gasteiger partial charge in [0.05, 0.1) is 5.69 Å². The second kappa shape index (κ2) is 10.1. The molecule has 34 heavy (non-hydrogen) atoms. The van der Waals surface area contributed by atoms with Crippen molar-refractivity contribution < 1.29 is 23.5 Å². The fourth-order valence-electron chi connectivity index (χ4n) is 3.13. The Hall–Kier alpha value is -4.28. The number of nitrogens with one attached hydrogen (secondary N) is 3. The molecule has 0 radical (unpaired) electrons. The monoisotopic (exact) mass is 466 g/mol. The zero-order valence-electron chi connectivity index (χ0n) is 18.4. The molecule has 1 aromatic heterocycles. The van der Waals surface area contributed by atoms with E-state index in [1.165, 1.54) is 28.9 Å². The van der Waals surface area contributed by atoms with Gasteiger partial charge in [-0.25, -0.2) is 13.9 Å². The van der Waals surface area contributed by atoms with E-state index in [2.05, 4.69) is 26.3 Å². The summed E-state index contributed by atoms with van der Waals surface area (Å²) < 4.78 is 19.7. The fraction of sp³-hybridized carbons (Fsp3) is 0.261. The van der Waals surface area contributed by atoms with Gasteiger partial charge in [0.25, 0.3) is 11.8 Å². The molecule has 10 nitrogen and oxygen atoms in total. The van der Waals surface area contributed by atoms with E-state index in [4.69, 9.17) is 4.74 Å². The molecule has 11 heteroatoms. The summed E-state index contributed by atoms with van der Waals surface area (Å²) in [4.78, 5) is 37.0. The number of benzene rings is 2. The molecule has 1 saturated carbocycles. The number of anilines is 1. The number of hydrogen-bond acceptors (Lipinski definition) is 6. The number of nitrogens with zero attached hydrogens (tertiary/aromatic N) is 3. The van der Waals surface area contributed by atoms with Gasteiger partial charge < -0.3 is 15.4 Å². The maximum Gasteiger partial charge on any atom is 0.412 e. The van der Waals surface area contributed by atoms with Crippen molar-refractivity contribution in [1.29, 1.82) is 0 Å². The molecule has 0 atom stereocenters. The molecule has 1 heterocycles. The van der Waals surface area contributed by atoms with Crippen LogP contribution in [0.5, 0.6) is 0 Å². The van der Waals surface area contributed by atoms with Gasteiger partial charge in [0, 0.05) is 23.8 Å². The van der Waals surface area contributed by atoms with E-state index < -0.39 is 17.8 Å². The summed E-state index contributed by atoms with van der Waals surface area (Å²) >= 11 is 0. The van der Waals surface area contributed by atoms with Crippen LogP contribution in [0, 0.1) is 5.82 Å². The molecular weight excluding hydrogens is 443 g/mol. The minimum Gasteiger partial charge on any atom is -0.443 e. The molecule has 3 aromatic rings.